The lowest BCUT2D eigenvalue weighted by molar-refractivity contribution is -0.118. The first-order valence-electron chi connectivity index (χ1n) is 7.14. The van der Waals surface area contributed by atoms with Crippen LogP contribution in [0, 0.1) is 6.92 Å². The SMILES string of the molecule is Cc1ccc(CNC(=O)CSc2nnc(-c3ccc(Cl)s3)o2)cc1. The predicted molar refractivity (Wildman–Crippen MR) is 96.4 cm³/mol. The maximum absolute atomic E-state index is 11.9. The summed E-state index contributed by atoms with van der Waals surface area (Å²) in [6.07, 6.45) is 0. The van der Waals surface area contributed by atoms with Crippen LogP contribution < -0.4 is 5.32 Å². The number of carbonyl (C=O) groups is 1. The summed E-state index contributed by atoms with van der Waals surface area (Å²) in [4.78, 5) is 12.7. The molecule has 2 heterocycles. The van der Waals surface area contributed by atoms with Crippen molar-refractivity contribution >= 4 is 40.6 Å². The molecular formula is C16H14ClN3O2S2. The summed E-state index contributed by atoms with van der Waals surface area (Å²) in [5, 5.41) is 11.1. The van der Waals surface area contributed by atoms with Crippen LogP contribution in [0.3, 0.4) is 0 Å². The smallest absolute Gasteiger partial charge is 0.277 e. The Hall–Kier alpha value is -1.83. The number of thiophene rings is 1. The Morgan fingerprint density at radius 2 is 2.04 bits per heavy atom. The van der Waals surface area contributed by atoms with Crippen LogP contribution in [-0.2, 0) is 11.3 Å². The minimum absolute atomic E-state index is 0.0838. The van der Waals surface area contributed by atoms with E-state index < -0.39 is 0 Å². The lowest BCUT2D eigenvalue weighted by atomic mass is 10.1. The molecular weight excluding hydrogens is 366 g/mol. The molecule has 2 aromatic heterocycles. The molecule has 124 valence electrons. The van der Waals surface area contributed by atoms with Gasteiger partial charge < -0.3 is 9.73 Å². The number of aromatic nitrogens is 2. The zero-order valence-electron chi connectivity index (χ0n) is 12.8. The first kappa shape index (κ1) is 17.0. The molecule has 1 N–H and O–H groups in total. The topological polar surface area (TPSA) is 68.0 Å². The Kier molecular flexibility index (Phi) is 5.55. The molecule has 0 aliphatic rings. The summed E-state index contributed by atoms with van der Waals surface area (Å²) >= 11 is 8.46. The molecule has 3 rings (SSSR count). The van der Waals surface area contributed by atoms with E-state index in [1.807, 2.05) is 37.3 Å². The lowest BCUT2D eigenvalue weighted by Crippen LogP contribution is -2.24. The van der Waals surface area contributed by atoms with Gasteiger partial charge in [-0.05, 0) is 24.6 Å². The van der Waals surface area contributed by atoms with Crippen molar-refractivity contribution in [1.82, 2.24) is 15.5 Å². The molecule has 1 aromatic carbocycles. The van der Waals surface area contributed by atoms with Crippen LogP contribution >= 0.6 is 34.7 Å². The molecule has 0 radical (unpaired) electrons. The van der Waals surface area contributed by atoms with Crippen molar-refractivity contribution in [3.8, 4) is 10.8 Å². The van der Waals surface area contributed by atoms with Gasteiger partial charge in [-0.25, -0.2) is 0 Å². The van der Waals surface area contributed by atoms with E-state index >= 15 is 0 Å². The molecule has 3 aromatic rings. The van der Waals surface area contributed by atoms with Crippen molar-refractivity contribution in [2.75, 3.05) is 5.75 Å². The van der Waals surface area contributed by atoms with Gasteiger partial charge in [-0.1, -0.05) is 53.2 Å². The molecule has 0 atom stereocenters. The Morgan fingerprint density at radius 1 is 1.25 bits per heavy atom. The van der Waals surface area contributed by atoms with Crippen molar-refractivity contribution in [3.63, 3.8) is 0 Å². The molecule has 0 aliphatic carbocycles. The number of hydrogen-bond acceptors (Lipinski definition) is 6. The second-order valence-corrected chi connectivity index (χ2v) is 7.67. The maximum atomic E-state index is 11.9. The molecule has 5 nitrogen and oxygen atoms in total. The number of hydrogen-bond donors (Lipinski definition) is 1. The quantitative estimate of drug-likeness (QED) is 0.651. The predicted octanol–water partition coefficient (Wildman–Crippen LogP) is 4.17. The summed E-state index contributed by atoms with van der Waals surface area (Å²) in [7, 11) is 0. The third-order valence-corrected chi connectivity index (χ3v) is 5.17. The number of halogens is 1. The molecule has 8 heteroatoms. The minimum atomic E-state index is -0.0838. The van der Waals surface area contributed by atoms with Crippen LogP contribution in [-0.4, -0.2) is 21.9 Å². The van der Waals surface area contributed by atoms with Crippen LogP contribution in [0.15, 0.2) is 46.0 Å². The number of nitrogens with one attached hydrogen (secondary N) is 1. The first-order valence-corrected chi connectivity index (χ1v) is 9.32. The third-order valence-electron chi connectivity index (χ3n) is 3.13. The third kappa shape index (κ3) is 4.59. The lowest BCUT2D eigenvalue weighted by Gasteiger charge is -2.04. The highest BCUT2D eigenvalue weighted by Gasteiger charge is 2.12. The highest BCUT2D eigenvalue weighted by Crippen LogP contribution is 2.31. The van der Waals surface area contributed by atoms with Gasteiger partial charge in [0.2, 0.25) is 5.91 Å². The molecule has 0 spiro atoms. The second kappa shape index (κ2) is 7.83. The van der Waals surface area contributed by atoms with Gasteiger partial charge in [0.05, 0.1) is 15.0 Å². The van der Waals surface area contributed by atoms with E-state index in [1.54, 1.807) is 6.07 Å². The van der Waals surface area contributed by atoms with Crippen molar-refractivity contribution in [1.29, 1.82) is 0 Å². The molecule has 1 amide bonds. The zero-order valence-corrected chi connectivity index (χ0v) is 15.2. The average molecular weight is 380 g/mol. The number of thioether (sulfide) groups is 1. The highest BCUT2D eigenvalue weighted by molar-refractivity contribution is 7.99. The number of carbonyl (C=O) groups excluding carboxylic acids is 1. The Bertz CT molecular complexity index is 830. The largest absolute Gasteiger partial charge is 0.410 e. The van der Waals surface area contributed by atoms with E-state index in [1.165, 1.54) is 28.7 Å². The number of aryl methyl sites for hydroxylation is 1. The normalized spacial score (nSPS) is 10.8. The fourth-order valence-corrected chi connectivity index (χ4v) is 3.44. The second-order valence-electron chi connectivity index (χ2n) is 5.03. The highest BCUT2D eigenvalue weighted by atomic mass is 35.5. The Balaban J connectivity index is 1.48. The van der Waals surface area contributed by atoms with Crippen molar-refractivity contribution < 1.29 is 9.21 Å². The minimum Gasteiger partial charge on any atom is -0.410 e. The number of rotatable bonds is 6. The molecule has 0 unspecified atom stereocenters. The summed E-state index contributed by atoms with van der Waals surface area (Å²) in [5.41, 5.74) is 2.26. The van der Waals surface area contributed by atoms with E-state index in [4.69, 9.17) is 16.0 Å². The van der Waals surface area contributed by atoms with Crippen LogP contribution in [0.2, 0.25) is 4.34 Å². The number of nitrogens with zero attached hydrogens (tertiary/aromatic N) is 2. The molecule has 0 aliphatic heterocycles. The van der Waals surface area contributed by atoms with Crippen LogP contribution in [0.25, 0.3) is 10.8 Å². The summed E-state index contributed by atoms with van der Waals surface area (Å²) < 4.78 is 6.18. The fourth-order valence-electron chi connectivity index (χ4n) is 1.88. The van der Waals surface area contributed by atoms with Gasteiger partial charge in [0.25, 0.3) is 11.1 Å². The Labute approximate surface area is 152 Å². The van der Waals surface area contributed by atoms with Crippen molar-refractivity contribution in [2.24, 2.45) is 0 Å². The number of benzene rings is 1. The fraction of sp³-hybridized carbons (Fsp3) is 0.188. The van der Waals surface area contributed by atoms with E-state index in [0.717, 1.165) is 10.4 Å². The maximum Gasteiger partial charge on any atom is 0.277 e. The van der Waals surface area contributed by atoms with Gasteiger partial charge in [-0.2, -0.15) is 0 Å². The van der Waals surface area contributed by atoms with Gasteiger partial charge in [0.15, 0.2) is 0 Å². The average Bonchev–Trinajstić information content (AvgIpc) is 3.21. The number of amides is 1. The van der Waals surface area contributed by atoms with Crippen LogP contribution in [0.1, 0.15) is 11.1 Å². The van der Waals surface area contributed by atoms with E-state index in [2.05, 4.69) is 15.5 Å². The molecule has 0 fully saturated rings. The van der Waals surface area contributed by atoms with Gasteiger partial charge >= 0.3 is 0 Å². The van der Waals surface area contributed by atoms with Crippen molar-refractivity contribution in [3.05, 3.63) is 51.9 Å². The summed E-state index contributed by atoms with van der Waals surface area (Å²) in [5.74, 6) is 0.549. The zero-order chi connectivity index (χ0) is 16.9. The van der Waals surface area contributed by atoms with E-state index in [0.29, 0.717) is 22.0 Å². The van der Waals surface area contributed by atoms with E-state index in [-0.39, 0.29) is 11.7 Å². The monoisotopic (exact) mass is 379 g/mol. The van der Waals surface area contributed by atoms with Gasteiger partial charge in [-0.3, -0.25) is 4.79 Å². The molecule has 0 saturated heterocycles. The van der Waals surface area contributed by atoms with Crippen LogP contribution in [0.5, 0.6) is 0 Å². The summed E-state index contributed by atoms with van der Waals surface area (Å²) in [6.45, 7) is 2.53. The molecule has 0 bridgehead atoms. The Morgan fingerprint density at radius 3 is 2.75 bits per heavy atom. The van der Waals surface area contributed by atoms with Crippen molar-refractivity contribution in [2.45, 2.75) is 18.7 Å². The van der Waals surface area contributed by atoms with Gasteiger partial charge in [-0.15, -0.1) is 21.5 Å². The summed E-state index contributed by atoms with van der Waals surface area (Å²) in [6, 6.07) is 11.6. The van der Waals surface area contributed by atoms with E-state index in [9.17, 15) is 4.79 Å². The van der Waals surface area contributed by atoms with Crippen LogP contribution in [0.4, 0.5) is 0 Å². The standard InChI is InChI=1S/C16H14ClN3O2S2/c1-10-2-4-11(5-3-10)8-18-14(21)9-23-16-20-19-15(22-16)12-6-7-13(17)24-12/h2-7H,8-9H2,1H3,(H,18,21). The molecule has 0 saturated carbocycles. The first-order chi connectivity index (χ1) is 11.6. The molecule has 24 heavy (non-hydrogen) atoms. The van der Waals surface area contributed by atoms with Gasteiger partial charge in [0.1, 0.15) is 0 Å². The van der Waals surface area contributed by atoms with Gasteiger partial charge in [0, 0.05) is 6.54 Å².